The van der Waals surface area contributed by atoms with Gasteiger partial charge in [-0.1, -0.05) is 0 Å². The normalized spacial score (nSPS) is 24.8. The highest BCUT2D eigenvalue weighted by atomic mass is 16.4. The van der Waals surface area contributed by atoms with Crippen LogP contribution in [-0.2, 0) is 0 Å². The molecule has 13 heavy (non-hydrogen) atoms. The number of likely N-dealkylation sites (tertiary alicyclic amines) is 1. The Morgan fingerprint density at radius 3 is 2.69 bits per heavy atom. The second-order valence-electron chi connectivity index (χ2n) is 3.66. The van der Waals surface area contributed by atoms with Crippen molar-refractivity contribution in [2.75, 3.05) is 19.6 Å². The van der Waals surface area contributed by atoms with Gasteiger partial charge in [-0.05, 0) is 12.8 Å². The number of aliphatic imine (C=N–C) groups is 1. The van der Waals surface area contributed by atoms with Crippen molar-refractivity contribution in [1.82, 2.24) is 10.2 Å². The van der Waals surface area contributed by atoms with E-state index in [2.05, 4.69) is 10.3 Å². The van der Waals surface area contributed by atoms with E-state index in [-0.39, 0.29) is 5.54 Å². The van der Waals surface area contributed by atoms with Crippen LogP contribution in [0.5, 0.6) is 0 Å². The first-order valence-electron chi connectivity index (χ1n) is 4.46. The quantitative estimate of drug-likeness (QED) is 0.561. The van der Waals surface area contributed by atoms with Crippen molar-refractivity contribution in [2.24, 2.45) is 4.99 Å². The number of carbonyl (C=O) groups is 1. The van der Waals surface area contributed by atoms with E-state index in [1.807, 2.05) is 0 Å². The molecule has 5 nitrogen and oxygen atoms in total. The van der Waals surface area contributed by atoms with Gasteiger partial charge < -0.3 is 15.3 Å². The third-order valence-corrected chi connectivity index (χ3v) is 2.85. The van der Waals surface area contributed by atoms with Crippen LogP contribution in [0.2, 0.25) is 0 Å². The van der Waals surface area contributed by atoms with Crippen LogP contribution in [0, 0.1) is 0 Å². The maximum absolute atomic E-state index is 10.6. The van der Waals surface area contributed by atoms with Crippen LogP contribution < -0.4 is 5.32 Å². The number of hydrogen-bond acceptors (Lipinski definition) is 3. The van der Waals surface area contributed by atoms with Crippen molar-refractivity contribution in [2.45, 2.75) is 18.4 Å². The van der Waals surface area contributed by atoms with E-state index in [1.54, 1.807) is 6.34 Å². The second kappa shape index (κ2) is 2.90. The Kier molecular flexibility index (Phi) is 1.86. The Balaban J connectivity index is 1.92. The maximum Gasteiger partial charge on any atom is 0.407 e. The number of amides is 1. The van der Waals surface area contributed by atoms with Gasteiger partial charge in [0.15, 0.2) is 0 Å². The highest BCUT2D eigenvalue weighted by molar-refractivity contribution is 5.65. The summed E-state index contributed by atoms with van der Waals surface area (Å²) in [6.45, 7) is 2.03. The van der Waals surface area contributed by atoms with E-state index in [0.29, 0.717) is 13.1 Å². The number of nitrogens with one attached hydrogen (secondary N) is 1. The van der Waals surface area contributed by atoms with Crippen molar-refractivity contribution < 1.29 is 9.90 Å². The van der Waals surface area contributed by atoms with Gasteiger partial charge in [-0.3, -0.25) is 4.99 Å². The molecule has 0 aromatic rings. The van der Waals surface area contributed by atoms with Crippen molar-refractivity contribution in [3.63, 3.8) is 0 Å². The molecule has 0 atom stereocenters. The molecular formula is C8H13N3O2. The average Bonchev–Trinajstić information content (AvgIpc) is 2.54. The third kappa shape index (κ3) is 1.46. The average molecular weight is 183 g/mol. The summed E-state index contributed by atoms with van der Waals surface area (Å²) in [5.41, 5.74) is 0.0615. The molecular weight excluding hydrogens is 170 g/mol. The van der Waals surface area contributed by atoms with E-state index in [1.165, 1.54) is 4.90 Å². The zero-order valence-electron chi connectivity index (χ0n) is 7.36. The number of hydrogen-bond donors (Lipinski definition) is 2. The van der Waals surface area contributed by atoms with Gasteiger partial charge in [0.1, 0.15) is 0 Å². The first kappa shape index (κ1) is 8.34. The van der Waals surface area contributed by atoms with Crippen LogP contribution in [0.15, 0.2) is 4.99 Å². The predicted octanol–water partition coefficient (Wildman–Crippen LogP) is 0.130. The molecule has 0 aliphatic carbocycles. The van der Waals surface area contributed by atoms with Crippen LogP contribution in [0.4, 0.5) is 4.79 Å². The van der Waals surface area contributed by atoms with Gasteiger partial charge in [-0.15, -0.1) is 0 Å². The minimum absolute atomic E-state index is 0.0615. The van der Waals surface area contributed by atoms with E-state index >= 15 is 0 Å². The molecule has 1 saturated heterocycles. The molecule has 72 valence electrons. The van der Waals surface area contributed by atoms with Crippen molar-refractivity contribution in [1.29, 1.82) is 0 Å². The van der Waals surface area contributed by atoms with Crippen LogP contribution in [0.3, 0.4) is 0 Å². The summed E-state index contributed by atoms with van der Waals surface area (Å²) in [6, 6.07) is 0. The predicted molar refractivity (Wildman–Crippen MR) is 48.1 cm³/mol. The summed E-state index contributed by atoms with van der Waals surface area (Å²) >= 11 is 0. The number of carboxylic acid groups (broad SMARTS) is 1. The number of nitrogens with zero attached hydrogens (tertiary/aromatic N) is 2. The summed E-state index contributed by atoms with van der Waals surface area (Å²) in [4.78, 5) is 16.2. The van der Waals surface area contributed by atoms with Gasteiger partial charge in [0.25, 0.3) is 0 Å². The Morgan fingerprint density at radius 1 is 1.54 bits per heavy atom. The van der Waals surface area contributed by atoms with Crippen molar-refractivity contribution in [3.05, 3.63) is 0 Å². The molecule has 0 aromatic heterocycles. The van der Waals surface area contributed by atoms with E-state index in [0.717, 1.165) is 19.4 Å². The van der Waals surface area contributed by atoms with Gasteiger partial charge >= 0.3 is 6.09 Å². The Hall–Kier alpha value is -1.26. The minimum atomic E-state index is -0.811. The van der Waals surface area contributed by atoms with E-state index < -0.39 is 6.09 Å². The fraction of sp³-hybridized carbons (Fsp3) is 0.750. The molecule has 0 saturated carbocycles. The van der Waals surface area contributed by atoms with Crippen molar-refractivity contribution >= 4 is 12.4 Å². The molecule has 0 radical (unpaired) electrons. The van der Waals surface area contributed by atoms with E-state index in [4.69, 9.17) is 5.11 Å². The SMILES string of the molecule is O=C(O)N1CCC2(CC1)CN=CN2. The van der Waals surface area contributed by atoms with Gasteiger partial charge in [0, 0.05) is 13.1 Å². The molecule has 0 bridgehead atoms. The fourth-order valence-electron chi connectivity index (χ4n) is 1.88. The lowest BCUT2D eigenvalue weighted by atomic mass is 9.88. The zero-order valence-corrected chi connectivity index (χ0v) is 7.36. The molecule has 1 spiro atoms. The lowest BCUT2D eigenvalue weighted by Gasteiger charge is -2.37. The molecule has 2 aliphatic heterocycles. The van der Waals surface area contributed by atoms with Gasteiger partial charge in [0.2, 0.25) is 0 Å². The highest BCUT2D eigenvalue weighted by Gasteiger charge is 2.36. The Morgan fingerprint density at radius 2 is 2.23 bits per heavy atom. The molecule has 5 heteroatoms. The zero-order chi connectivity index (χ0) is 9.31. The lowest BCUT2D eigenvalue weighted by molar-refractivity contribution is 0.117. The monoisotopic (exact) mass is 183 g/mol. The Labute approximate surface area is 76.4 Å². The van der Waals surface area contributed by atoms with Gasteiger partial charge in [-0.2, -0.15) is 0 Å². The summed E-state index contributed by atoms with van der Waals surface area (Å²) in [7, 11) is 0. The van der Waals surface area contributed by atoms with Gasteiger partial charge in [0.05, 0.1) is 18.4 Å². The molecule has 2 heterocycles. The fourth-order valence-corrected chi connectivity index (χ4v) is 1.88. The molecule has 2 aliphatic rings. The summed E-state index contributed by atoms with van der Waals surface area (Å²) in [6.07, 6.45) is 2.64. The molecule has 0 unspecified atom stereocenters. The Bertz CT molecular complexity index is 234. The van der Waals surface area contributed by atoms with E-state index in [9.17, 15) is 4.79 Å². The molecule has 0 aromatic carbocycles. The summed E-state index contributed by atoms with van der Waals surface area (Å²) in [5.74, 6) is 0. The van der Waals surface area contributed by atoms with Crippen LogP contribution >= 0.6 is 0 Å². The molecule has 2 rings (SSSR count). The number of rotatable bonds is 0. The standard InChI is InChI=1S/C8H13N3O2/c12-7(13)11-3-1-8(2-4-11)5-9-6-10-8/h6H,1-5H2,(H,9,10)(H,12,13). The third-order valence-electron chi connectivity index (χ3n) is 2.85. The molecule has 1 amide bonds. The number of piperidine rings is 1. The highest BCUT2D eigenvalue weighted by Crippen LogP contribution is 2.24. The van der Waals surface area contributed by atoms with Crippen LogP contribution in [0.1, 0.15) is 12.8 Å². The second-order valence-corrected chi connectivity index (χ2v) is 3.66. The van der Waals surface area contributed by atoms with Gasteiger partial charge in [-0.25, -0.2) is 4.79 Å². The first-order chi connectivity index (χ1) is 6.22. The lowest BCUT2D eigenvalue weighted by Crippen LogP contribution is -2.53. The smallest absolute Gasteiger partial charge is 0.407 e. The largest absolute Gasteiger partial charge is 0.465 e. The van der Waals surface area contributed by atoms with Crippen molar-refractivity contribution in [3.8, 4) is 0 Å². The minimum Gasteiger partial charge on any atom is -0.465 e. The topological polar surface area (TPSA) is 64.9 Å². The van der Waals surface area contributed by atoms with Crippen LogP contribution in [-0.4, -0.2) is 47.6 Å². The first-order valence-corrected chi connectivity index (χ1v) is 4.46. The summed E-state index contributed by atoms with van der Waals surface area (Å²) in [5, 5.41) is 12.0. The molecule has 2 N–H and O–H groups in total. The van der Waals surface area contributed by atoms with Crippen LogP contribution in [0.25, 0.3) is 0 Å². The maximum atomic E-state index is 10.6. The summed E-state index contributed by atoms with van der Waals surface area (Å²) < 4.78 is 0. The molecule has 1 fully saturated rings.